The molecule has 0 radical (unpaired) electrons. The highest BCUT2D eigenvalue weighted by atomic mass is 16.3. The molecule has 0 spiro atoms. The number of hydrogen-bond donors (Lipinski definition) is 0. The van der Waals surface area contributed by atoms with Crippen molar-refractivity contribution >= 4 is 65.4 Å². The maximum Gasteiger partial charge on any atom is 0.236 e. The van der Waals surface area contributed by atoms with E-state index >= 15 is 0 Å². The largest absolute Gasteiger partial charge is 0.452 e. The first-order valence-corrected chi connectivity index (χ1v) is 17.6. The molecule has 0 saturated heterocycles. The van der Waals surface area contributed by atoms with Gasteiger partial charge in [-0.1, -0.05) is 152 Å². The molecule has 0 amide bonds. The molecule has 11 aromatic rings. The standard InChI is InChI=1S/C48H29N3O/c1-3-11-30(12-4-1)32-19-21-35(22-20-32)45-47-46(39-26-23-36(29-42(39)52-47)31-13-5-2-6-14-31)50-48(49-45)51-40-27-24-33-15-7-9-17-37(33)43(40)44-38-18-10-8-16-34(38)25-28-41(44)51/h1-29H. The Hall–Kier alpha value is -7.04. The summed E-state index contributed by atoms with van der Waals surface area (Å²) >= 11 is 0. The first kappa shape index (κ1) is 28.8. The van der Waals surface area contributed by atoms with Crippen molar-refractivity contribution in [1.82, 2.24) is 14.5 Å². The maximum absolute atomic E-state index is 6.74. The Kier molecular flexibility index (Phi) is 6.22. The van der Waals surface area contributed by atoms with Crippen molar-refractivity contribution < 1.29 is 4.42 Å². The molecule has 3 heterocycles. The van der Waals surface area contributed by atoms with E-state index in [1.165, 1.54) is 37.9 Å². The van der Waals surface area contributed by atoms with Crippen molar-refractivity contribution in [2.75, 3.05) is 0 Å². The molecule has 8 aromatic carbocycles. The van der Waals surface area contributed by atoms with E-state index in [2.05, 4.69) is 168 Å². The van der Waals surface area contributed by atoms with Crippen LogP contribution >= 0.6 is 0 Å². The molecular formula is C48H29N3O. The predicted molar refractivity (Wildman–Crippen MR) is 215 cm³/mol. The lowest BCUT2D eigenvalue weighted by Gasteiger charge is -2.10. The Morgan fingerprint density at radius 2 is 0.923 bits per heavy atom. The highest BCUT2D eigenvalue weighted by Crippen LogP contribution is 2.42. The molecule has 11 rings (SSSR count). The second kappa shape index (κ2) is 11.2. The summed E-state index contributed by atoms with van der Waals surface area (Å²) in [5, 5.41) is 8.18. The van der Waals surface area contributed by atoms with E-state index in [0.29, 0.717) is 11.5 Å². The number of aromatic nitrogens is 3. The van der Waals surface area contributed by atoms with Gasteiger partial charge in [0.05, 0.1) is 11.0 Å². The summed E-state index contributed by atoms with van der Waals surface area (Å²) < 4.78 is 8.98. The van der Waals surface area contributed by atoms with E-state index in [-0.39, 0.29) is 0 Å². The Balaban J connectivity index is 1.23. The molecule has 0 atom stereocenters. The molecule has 0 aliphatic carbocycles. The lowest BCUT2D eigenvalue weighted by molar-refractivity contribution is 0.667. The molecule has 52 heavy (non-hydrogen) atoms. The summed E-state index contributed by atoms with van der Waals surface area (Å²) in [5.41, 5.74) is 10.6. The van der Waals surface area contributed by atoms with Crippen molar-refractivity contribution in [2.45, 2.75) is 0 Å². The minimum atomic E-state index is 0.607. The Morgan fingerprint density at radius 3 is 1.56 bits per heavy atom. The van der Waals surface area contributed by atoms with Gasteiger partial charge in [0.15, 0.2) is 5.58 Å². The molecule has 0 N–H and O–H groups in total. The van der Waals surface area contributed by atoms with Crippen LogP contribution in [0.1, 0.15) is 0 Å². The molecule has 0 aliphatic rings. The number of nitrogens with zero attached hydrogens (tertiary/aromatic N) is 3. The number of hydrogen-bond acceptors (Lipinski definition) is 3. The van der Waals surface area contributed by atoms with E-state index in [4.69, 9.17) is 14.4 Å². The number of benzene rings is 8. The number of furan rings is 1. The van der Waals surface area contributed by atoms with Crippen LogP contribution in [0.5, 0.6) is 0 Å². The van der Waals surface area contributed by atoms with Gasteiger partial charge in [0, 0.05) is 21.7 Å². The highest BCUT2D eigenvalue weighted by Gasteiger charge is 2.23. The first-order valence-electron chi connectivity index (χ1n) is 17.6. The molecule has 242 valence electrons. The third-order valence-electron chi connectivity index (χ3n) is 10.4. The van der Waals surface area contributed by atoms with Gasteiger partial charge >= 0.3 is 0 Å². The van der Waals surface area contributed by atoms with Crippen LogP contribution in [0.3, 0.4) is 0 Å². The van der Waals surface area contributed by atoms with Crippen LogP contribution < -0.4 is 0 Å². The van der Waals surface area contributed by atoms with Gasteiger partial charge < -0.3 is 4.42 Å². The number of rotatable bonds is 4. The molecule has 0 unspecified atom stereocenters. The summed E-state index contributed by atoms with van der Waals surface area (Å²) in [4.78, 5) is 10.8. The van der Waals surface area contributed by atoms with Gasteiger partial charge in [0.25, 0.3) is 0 Å². The van der Waals surface area contributed by atoms with Crippen molar-refractivity contribution in [3.8, 4) is 39.5 Å². The van der Waals surface area contributed by atoms with E-state index in [0.717, 1.165) is 55.5 Å². The van der Waals surface area contributed by atoms with Gasteiger partial charge in [-0.25, -0.2) is 9.97 Å². The lowest BCUT2D eigenvalue weighted by atomic mass is 10.00. The zero-order valence-corrected chi connectivity index (χ0v) is 28.0. The lowest BCUT2D eigenvalue weighted by Crippen LogP contribution is -2.03. The Labute approximate surface area is 298 Å². The molecule has 4 nitrogen and oxygen atoms in total. The van der Waals surface area contributed by atoms with E-state index in [1.54, 1.807) is 0 Å². The fourth-order valence-electron chi connectivity index (χ4n) is 7.95. The van der Waals surface area contributed by atoms with Crippen LogP contribution in [0, 0.1) is 0 Å². The quantitative estimate of drug-likeness (QED) is 0.188. The second-order valence-electron chi connectivity index (χ2n) is 13.4. The molecule has 4 heteroatoms. The van der Waals surface area contributed by atoms with E-state index in [9.17, 15) is 0 Å². The number of fused-ring (bicyclic) bond motifs is 10. The highest BCUT2D eigenvalue weighted by molar-refractivity contribution is 6.28. The Morgan fingerprint density at radius 1 is 0.404 bits per heavy atom. The van der Waals surface area contributed by atoms with Crippen LogP contribution in [0.4, 0.5) is 0 Å². The van der Waals surface area contributed by atoms with Gasteiger partial charge in [-0.3, -0.25) is 4.57 Å². The minimum Gasteiger partial charge on any atom is -0.452 e. The summed E-state index contributed by atoms with van der Waals surface area (Å²) in [5.74, 6) is 0.607. The zero-order chi connectivity index (χ0) is 34.2. The van der Waals surface area contributed by atoms with Crippen molar-refractivity contribution in [1.29, 1.82) is 0 Å². The second-order valence-corrected chi connectivity index (χ2v) is 13.4. The van der Waals surface area contributed by atoms with Gasteiger partial charge in [-0.2, -0.15) is 0 Å². The molecule has 0 fully saturated rings. The van der Waals surface area contributed by atoms with Crippen molar-refractivity contribution in [2.24, 2.45) is 0 Å². The van der Waals surface area contributed by atoms with Crippen LogP contribution in [0.15, 0.2) is 180 Å². The molecular weight excluding hydrogens is 635 g/mol. The van der Waals surface area contributed by atoms with Crippen molar-refractivity contribution in [3.05, 3.63) is 176 Å². The summed E-state index contributed by atoms with van der Waals surface area (Å²) in [6.45, 7) is 0. The van der Waals surface area contributed by atoms with Crippen LogP contribution in [-0.2, 0) is 0 Å². The first-order chi connectivity index (χ1) is 25.8. The summed E-state index contributed by atoms with van der Waals surface area (Å²) in [6.07, 6.45) is 0. The van der Waals surface area contributed by atoms with Gasteiger partial charge in [-0.05, 0) is 68.1 Å². The smallest absolute Gasteiger partial charge is 0.236 e. The van der Waals surface area contributed by atoms with Crippen LogP contribution in [-0.4, -0.2) is 14.5 Å². The molecule has 0 saturated carbocycles. The SMILES string of the molecule is c1ccc(-c2ccc(-c3nc(-n4c5ccc6ccccc6c5c5c6ccccc6ccc54)nc4c3oc3cc(-c5ccccc5)ccc34)cc2)cc1. The average molecular weight is 664 g/mol. The summed E-state index contributed by atoms with van der Waals surface area (Å²) in [6, 6.07) is 62.0. The fourth-order valence-corrected chi connectivity index (χ4v) is 7.95. The third-order valence-corrected chi connectivity index (χ3v) is 10.4. The van der Waals surface area contributed by atoms with E-state index in [1.807, 2.05) is 12.1 Å². The zero-order valence-electron chi connectivity index (χ0n) is 28.0. The third kappa shape index (κ3) is 4.34. The Bertz CT molecular complexity index is 3070. The minimum absolute atomic E-state index is 0.607. The van der Waals surface area contributed by atoms with Gasteiger partial charge in [0.1, 0.15) is 16.8 Å². The van der Waals surface area contributed by atoms with Crippen LogP contribution in [0.25, 0.3) is 105 Å². The average Bonchev–Trinajstić information content (AvgIpc) is 3.77. The van der Waals surface area contributed by atoms with Crippen molar-refractivity contribution in [3.63, 3.8) is 0 Å². The monoisotopic (exact) mass is 663 g/mol. The molecule has 3 aromatic heterocycles. The van der Waals surface area contributed by atoms with E-state index < -0.39 is 0 Å². The van der Waals surface area contributed by atoms with Gasteiger partial charge in [0.2, 0.25) is 5.95 Å². The fraction of sp³-hybridized carbons (Fsp3) is 0. The normalized spacial score (nSPS) is 11.8. The van der Waals surface area contributed by atoms with Gasteiger partial charge in [-0.15, -0.1) is 0 Å². The van der Waals surface area contributed by atoms with Crippen LogP contribution in [0.2, 0.25) is 0 Å². The predicted octanol–water partition coefficient (Wildman–Crippen LogP) is 12.8. The molecule has 0 bridgehead atoms. The maximum atomic E-state index is 6.74. The molecule has 0 aliphatic heterocycles. The topological polar surface area (TPSA) is 43.9 Å². The summed E-state index contributed by atoms with van der Waals surface area (Å²) in [7, 11) is 0.